The standard InChI is InChI=1S/C11H24N2O/c1-5-11(6-2,7-3)13-9-8-10(14)12-4/h13H,5-9H2,1-4H3,(H,12,14). The highest BCUT2D eigenvalue weighted by Gasteiger charge is 2.22. The fourth-order valence-electron chi connectivity index (χ4n) is 1.69. The summed E-state index contributed by atoms with van der Waals surface area (Å²) < 4.78 is 0. The Kier molecular flexibility index (Phi) is 6.54. The van der Waals surface area contributed by atoms with Crippen LogP contribution in [0.4, 0.5) is 0 Å². The van der Waals surface area contributed by atoms with Gasteiger partial charge in [-0.25, -0.2) is 0 Å². The van der Waals surface area contributed by atoms with E-state index in [0.717, 1.165) is 25.8 Å². The van der Waals surface area contributed by atoms with Gasteiger partial charge in [-0.05, 0) is 19.3 Å². The van der Waals surface area contributed by atoms with Gasteiger partial charge in [0.15, 0.2) is 0 Å². The largest absolute Gasteiger partial charge is 0.359 e. The first kappa shape index (κ1) is 13.4. The lowest BCUT2D eigenvalue weighted by molar-refractivity contribution is -0.120. The average Bonchev–Trinajstić information content (AvgIpc) is 2.25. The molecule has 0 aliphatic rings. The second kappa shape index (κ2) is 6.82. The molecule has 0 unspecified atom stereocenters. The molecule has 0 atom stereocenters. The van der Waals surface area contributed by atoms with Crippen LogP contribution in [0.1, 0.15) is 46.5 Å². The highest BCUT2D eigenvalue weighted by molar-refractivity contribution is 5.75. The number of amides is 1. The van der Waals surface area contributed by atoms with Crippen molar-refractivity contribution in [1.82, 2.24) is 10.6 Å². The summed E-state index contributed by atoms with van der Waals surface area (Å²) in [5, 5.41) is 6.11. The smallest absolute Gasteiger partial charge is 0.221 e. The summed E-state index contributed by atoms with van der Waals surface area (Å²) in [4.78, 5) is 11.0. The maximum atomic E-state index is 11.0. The number of nitrogens with one attached hydrogen (secondary N) is 2. The van der Waals surface area contributed by atoms with E-state index in [1.165, 1.54) is 0 Å². The van der Waals surface area contributed by atoms with Crippen molar-refractivity contribution in [3.05, 3.63) is 0 Å². The topological polar surface area (TPSA) is 41.1 Å². The number of hydrogen-bond acceptors (Lipinski definition) is 2. The number of rotatable bonds is 7. The van der Waals surface area contributed by atoms with Crippen LogP contribution in [0.5, 0.6) is 0 Å². The average molecular weight is 200 g/mol. The Balaban J connectivity index is 3.88. The maximum absolute atomic E-state index is 11.0. The fraction of sp³-hybridized carbons (Fsp3) is 0.909. The van der Waals surface area contributed by atoms with Crippen LogP contribution in [0.25, 0.3) is 0 Å². The summed E-state index contributed by atoms with van der Waals surface area (Å²) in [5.41, 5.74) is 0.230. The Hall–Kier alpha value is -0.570. The second-order valence-electron chi connectivity index (χ2n) is 3.69. The van der Waals surface area contributed by atoms with E-state index in [4.69, 9.17) is 0 Å². The van der Waals surface area contributed by atoms with Crippen molar-refractivity contribution >= 4 is 5.91 Å². The van der Waals surface area contributed by atoms with Crippen LogP contribution < -0.4 is 10.6 Å². The van der Waals surface area contributed by atoms with Crippen LogP contribution in [0.15, 0.2) is 0 Å². The Morgan fingerprint density at radius 1 is 1.14 bits per heavy atom. The van der Waals surface area contributed by atoms with Crippen molar-refractivity contribution in [3.8, 4) is 0 Å². The zero-order valence-corrected chi connectivity index (χ0v) is 9.94. The molecule has 0 rings (SSSR count). The van der Waals surface area contributed by atoms with Crippen LogP contribution in [0, 0.1) is 0 Å². The van der Waals surface area contributed by atoms with Gasteiger partial charge in [-0.1, -0.05) is 20.8 Å². The van der Waals surface area contributed by atoms with Crippen molar-refractivity contribution in [2.45, 2.75) is 52.0 Å². The van der Waals surface area contributed by atoms with Gasteiger partial charge in [0.2, 0.25) is 5.91 Å². The van der Waals surface area contributed by atoms with Gasteiger partial charge in [-0.3, -0.25) is 4.79 Å². The third kappa shape index (κ3) is 4.09. The van der Waals surface area contributed by atoms with E-state index in [-0.39, 0.29) is 11.4 Å². The van der Waals surface area contributed by atoms with Crippen molar-refractivity contribution < 1.29 is 4.79 Å². The number of carbonyl (C=O) groups excluding carboxylic acids is 1. The van der Waals surface area contributed by atoms with E-state index in [0.29, 0.717) is 6.42 Å². The molecule has 0 spiro atoms. The lowest BCUT2D eigenvalue weighted by atomic mass is 9.90. The van der Waals surface area contributed by atoms with Gasteiger partial charge in [0.1, 0.15) is 0 Å². The number of hydrogen-bond donors (Lipinski definition) is 2. The molecule has 0 aliphatic heterocycles. The zero-order valence-electron chi connectivity index (χ0n) is 9.94. The summed E-state index contributed by atoms with van der Waals surface area (Å²) in [7, 11) is 1.68. The lowest BCUT2D eigenvalue weighted by Crippen LogP contribution is -2.44. The highest BCUT2D eigenvalue weighted by atomic mass is 16.1. The first-order valence-corrected chi connectivity index (χ1v) is 5.59. The molecule has 1 amide bonds. The summed E-state index contributed by atoms with van der Waals surface area (Å²) >= 11 is 0. The molecule has 0 heterocycles. The van der Waals surface area contributed by atoms with Crippen LogP contribution in [-0.4, -0.2) is 25.0 Å². The molecule has 0 saturated heterocycles. The molecule has 14 heavy (non-hydrogen) atoms. The van der Waals surface area contributed by atoms with Crippen molar-refractivity contribution in [2.24, 2.45) is 0 Å². The van der Waals surface area contributed by atoms with E-state index < -0.39 is 0 Å². The zero-order chi connectivity index (χ0) is 11.0. The Morgan fingerprint density at radius 3 is 2.00 bits per heavy atom. The van der Waals surface area contributed by atoms with Crippen LogP contribution >= 0.6 is 0 Å². The summed E-state index contributed by atoms with van der Waals surface area (Å²) in [5.74, 6) is 0.106. The summed E-state index contributed by atoms with van der Waals surface area (Å²) in [6.07, 6.45) is 3.92. The molecular weight excluding hydrogens is 176 g/mol. The van der Waals surface area contributed by atoms with Gasteiger partial charge >= 0.3 is 0 Å². The SMILES string of the molecule is CCC(CC)(CC)NCCC(=O)NC. The molecule has 0 aromatic carbocycles. The van der Waals surface area contributed by atoms with Gasteiger partial charge in [-0.2, -0.15) is 0 Å². The molecule has 0 aromatic rings. The molecule has 3 nitrogen and oxygen atoms in total. The highest BCUT2D eigenvalue weighted by Crippen LogP contribution is 2.18. The fourth-order valence-corrected chi connectivity index (χ4v) is 1.69. The third-order valence-electron chi connectivity index (χ3n) is 3.16. The second-order valence-corrected chi connectivity index (χ2v) is 3.69. The van der Waals surface area contributed by atoms with Crippen LogP contribution in [0.3, 0.4) is 0 Å². The van der Waals surface area contributed by atoms with Gasteiger partial charge in [-0.15, -0.1) is 0 Å². The van der Waals surface area contributed by atoms with Gasteiger partial charge in [0.05, 0.1) is 0 Å². The summed E-state index contributed by atoms with van der Waals surface area (Å²) in [6, 6.07) is 0. The Labute approximate surface area is 87.6 Å². The minimum atomic E-state index is 0.106. The van der Waals surface area contributed by atoms with Gasteiger partial charge < -0.3 is 10.6 Å². The molecule has 0 radical (unpaired) electrons. The first-order valence-electron chi connectivity index (χ1n) is 5.59. The van der Waals surface area contributed by atoms with Crippen molar-refractivity contribution in [2.75, 3.05) is 13.6 Å². The van der Waals surface area contributed by atoms with Crippen LogP contribution in [-0.2, 0) is 4.79 Å². The van der Waals surface area contributed by atoms with E-state index >= 15 is 0 Å². The molecule has 0 aliphatic carbocycles. The molecule has 0 saturated carbocycles. The Morgan fingerprint density at radius 2 is 1.64 bits per heavy atom. The summed E-state index contributed by atoms with van der Waals surface area (Å²) in [6.45, 7) is 7.36. The van der Waals surface area contributed by atoms with E-state index in [1.54, 1.807) is 7.05 Å². The molecule has 3 heteroatoms. The molecular formula is C11H24N2O. The minimum absolute atomic E-state index is 0.106. The molecule has 84 valence electrons. The predicted octanol–water partition coefficient (Wildman–Crippen LogP) is 1.68. The van der Waals surface area contributed by atoms with Crippen molar-refractivity contribution in [3.63, 3.8) is 0 Å². The number of carbonyl (C=O) groups is 1. The quantitative estimate of drug-likeness (QED) is 0.656. The van der Waals surface area contributed by atoms with E-state index in [2.05, 4.69) is 31.4 Å². The van der Waals surface area contributed by atoms with E-state index in [1.807, 2.05) is 0 Å². The van der Waals surface area contributed by atoms with Crippen LogP contribution in [0.2, 0.25) is 0 Å². The molecule has 2 N–H and O–H groups in total. The van der Waals surface area contributed by atoms with Gasteiger partial charge in [0, 0.05) is 25.6 Å². The maximum Gasteiger partial charge on any atom is 0.221 e. The molecule has 0 bridgehead atoms. The van der Waals surface area contributed by atoms with E-state index in [9.17, 15) is 4.79 Å². The lowest BCUT2D eigenvalue weighted by Gasteiger charge is -2.31. The normalized spacial score (nSPS) is 11.4. The predicted molar refractivity (Wildman–Crippen MR) is 60.3 cm³/mol. The van der Waals surface area contributed by atoms with Gasteiger partial charge in [0.25, 0.3) is 0 Å². The molecule has 0 fully saturated rings. The molecule has 0 aromatic heterocycles. The third-order valence-corrected chi connectivity index (χ3v) is 3.16. The monoisotopic (exact) mass is 200 g/mol. The first-order chi connectivity index (χ1) is 6.64. The minimum Gasteiger partial charge on any atom is -0.359 e. The van der Waals surface area contributed by atoms with Crippen molar-refractivity contribution in [1.29, 1.82) is 0 Å². The Bertz CT molecular complexity index is 156.